The van der Waals surface area contributed by atoms with Gasteiger partial charge >= 0.3 is 6.09 Å². The van der Waals surface area contributed by atoms with E-state index in [2.05, 4.69) is 4.98 Å². The molecule has 1 heterocycles. The molecule has 6 nitrogen and oxygen atoms in total. The number of aromatic nitrogens is 1. The molecular formula is C16H25N3O3. The van der Waals surface area contributed by atoms with Crippen molar-refractivity contribution >= 4 is 11.8 Å². The zero-order chi connectivity index (χ0) is 16.5. The molecule has 1 aromatic rings. The molecule has 1 aliphatic carbocycles. The molecule has 6 heteroatoms. The fourth-order valence-corrected chi connectivity index (χ4v) is 2.10. The van der Waals surface area contributed by atoms with Crippen LogP contribution in [0.4, 0.5) is 10.5 Å². The number of likely N-dealkylation sites (N-methyl/N-ethyl adjacent to an activating group) is 1. The van der Waals surface area contributed by atoms with Crippen LogP contribution < -0.4 is 10.5 Å². The third-order valence-electron chi connectivity index (χ3n) is 3.46. The summed E-state index contributed by atoms with van der Waals surface area (Å²) in [6, 6.07) is 3.54. The SMILES string of the molecule is Cc1nc(OC2(CN(C)C(=O)OC(C)(C)C)CC2)ccc1N. The molecule has 2 rings (SSSR count). The van der Waals surface area contributed by atoms with Gasteiger partial charge < -0.3 is 20.1 Å². The molecular weight excluding hydrogens is 282 g/mol. The lowest BCUT2D eigenvalue weighted by molar-refractivity contribution is 0.0199. The summed E-state index contributed by atoms with van der Waals surface area (Å²) in [7, 11) is 1.72. The monoisotopic (exact) mass is 307 g/mol. The van der Waals surface area contributed by atoms with Crippen LogP contribution in [0.3, 0.4) is 0 Å². The van der Waals surface area contributed by atoms with Crippen LogP contribution in [0.25, 0.3) is 0 Å². The minimum absolute atomic E-state index is 0.344. The number of nitrogen functional groups attached to an aromatic ring is 1. The van der Waals surface area contributed by atoms with E-state index < -0.39 is 5.60 Å². The Labute approximate surface area is 131 Å². The highest BCUT2D eigenvalue weighted by atomic mass is 16.6. The van der Waals surface area contributed by atoms with Gasteiger partial charge in [0.15, 0.2) is 0 Å². The Morgan fingerprint density at radius 2 is 2.05 bits per heavy atom. The first-order valence-electron chi connectivity index (χ1n) is 7.46. The van der Waals surface area contributed by atoms with Gasteiger partial charge in [-0.1, -0.05) is 0 Å². The molecule has 0 unspecified atom stereocenters. The molecule has 1 amide bonds. The second-order valence-electron chi connectivity index (χ2n) is 6.95. The molecule has 1 fully saturated rings. The van der Waals surface area contributed by atoms with Crippen molar-refractivity contribution in [2.24, 2.45) is 0 Å². The first-order chi connectivity index (χ1) is 10.1. The quantitative estimate of drug-likeness (QED) is 0.925. The van der Waals surface area contributed by atoms with Gasteiger partial charge in [0.25, 0.3) is 0 Å². The zero-order valence-electron chi connectivity index (χ0n) is 14.0. The largest absolute Gasteiger partial charge is 0.469 e. The maximum Gasteiger partial charge on any atom is 0.410 e. The van der Waals surface area contributed by atoms with Crippen molar-refractivity contribution in [3.63, 3.8) is 0 Å². The molecule has 1 saturated carbocycles. The fourth-order valence-electron chi connectivity index (χ4n) is 2.10. The summed E-state index contributed by atoms with van der Waals surface area (Å²) >= 11 is 0. The second kappa shape index (κ2) is 5.66. The summed E-state index contributed by atoms with van der Waals surface area (Å²) in [6.07, 6.45) is 1.44. The summed E-state index contributed by atoms with van der Waals surface area (Å²) in [4.78, 5) is 17.9. The number of nitrogens with zero attached hydrogens (tertiary/aromatic N) is 2. The van der Waals surface area contributed by atoms with Crippen molar-refractivity contribution in [3.8, 4) is 5.88 Å². The summed E-state index contributed by atoms with van der Waals surface area (Å²) in [5.74, 6) is 0.543. The summed E-state index contributed by atoms with van der Waals surface area (Å²) in [5.41, 5.74) is 6.28. The topological polar surface area (TPSA) is 77.7 Å². The van der Waals surface area contributed by atoms with Crippen molar-refractivity contribution < 1.29 is 14.3 Å². The molecule has 0 aliphatic heterocycles. The highest BCUT2D eigenvalue weighted by Gasteiger charge is 2.48. The van der Waals surface area contributed by atoms with Crippen LogP contribution in [-0.4, -0.2) is 40.8 Å². The highest BCUT2D eigenvalue weighted by Crippen LogP contribution is 2.40. The van der Waals surface area contributed by atoms with E-state index in [1.54, 1.807) is 24.1 Å². The highest BCUT2D eigenvalue weighted by molar-refractivity contribution is 5.68. The van der Waals surface area contributed by atoms with Gasteiger partial charge in [0.05, 0.1) is 17.9 Å². The summed E-state index contributed by atoms with van der Waals surface area (Å²) in [6.45, 7) is 7.87. The Hall–Kier alpha value is -1.98. The molecule has 0 saturated heterocycles. The van der Waals surface area contributed by atoms with E-state index in [0.29, 0.717) is 18.1 Å². The normalized spacial score (nSPS) is 16.0. The second-order valence-corrected chi connectivity index (χ2v) is 6.95. The van der Waals surface area contributed by atoms with Crippen LogP contribution in [0.5, 0.6) is 5.88 Å². The van der Waals surface area contributed by atoms with Crippen molar-refractivity contribution in [2.45, 2.75) is 51.7 Å². The Balaban J connectivity index is 1.97. The maximum atomic E-state index is 12.0. The van der Waals surface area contributed by atoms with Gasteiger partial charge in [-0.25, -0.2) is 9.78 Å². The molecule has 22 heavy (non-hydrogen) atoms. The van der Waals surface area contributed by atoms with Crippen molar-refractivity contribution in [1.29, 1.82) is 0 Å². The van der Waals surface area contributed by atoms with Gasteiger partial charge in [-0.05, 0) is 46.6 Å². The van der Waals surface area contributed by atoms with Crippen molar-refractivity contribution in [2.75, 3.05) is 19.3 Å². The standard InChI is InChI=1S/C16H25N3O3/c1-11-12(17)6-7-13(18-11)21-16(8-9-16)10-19(5)14(20)22-15(2,3)4/h6-7H,8-10,17H2,1-5H3. The number of carbonyl (C=O) groups excluding carboxylic acids is 1. The minimum atomic E-state index is -0.501. The molecule has 0 bridgehead atoms. The van der Waals surface area contributed by atoms with Crippen LogP contribution in [0, 0.1) is 6.92 Å². The predicted molar refractivity (Wildman–Crippen MR) is 84.8 cm³/mol. The number of aryl methyl sites for hydroxylation is 1. The van der Waals surface area contributed by atoms with Crippen LogP contribution in [0.15, 0.2) is 12.1 Å². The molecule has 0 spiro atoms. The molecule has 0 aromatic carbocycles. The number of carbonyl (C=O) groups is 1. The van der Waals surface area contributed by atoms with Crippen LogP contribution in [-0.2, 0) is 4.74 Å². The smallest absolute Gasteiger partial charge is 0.410 e. The van der Waals surface area contributed by atoms with E-state index in [1.165, 1.54) is 0 Å². The number of anilines is 1. The van der Waals surface area contributed by atoms with E-state index in [-0.39, 0.29) is 11.7 Å². The number of hydrogen-bond donors (Lipinski definition) is 1. The average molecular weight is 307 g/mol. The first kappa shape index (κ1) is 16.4. The van der Waals surface area contributed by atoms with Crippen LogP contribution in [0.1, 0.15) is 39.3 Å². The van der Waals surface area contributed by atoms with Gasteiger partial charge in [0, 0.05) is 13.1 Å². The third kappa shape index (κ3) is 4.26. The maximum absolute atomic E-state index is 12.0. The molecule has 2 N–H and O–H groups in total. The minimum Gasteiger partial charge on any atom is -0.469 e. The lowest BCUT2D eigenvalue weighted by Gasteiger charge is -2.27. The first-order valence-corrected chi connectivity index (χ1v) is 7.46. The molecule has 0 atom stereocenters. The molecule has 1 aliphatic rings. The van der Waals surface area contributed by atoms with Gasteiger partial charge in [-0.15, -0.1) is 0 Å². The number of pyridine rings is 1. The Morgan fingerprint density at radius 1 is 1.41 bits per heavy atom. The lowest BCUT2D eigenvalue weighted by Crippen LogP contribution is -2.41. The average Bonchev–Trinajstić information content (AvgIpc) is 3.11. The molecule has 0 radical (unpaired) electrons. The van der Waals surface area contributed by atoms with Crippen molar-refractivity contribution in [1.82, 2.24) is 9.88 Å². The number of nitrogens with two attached hydrogens (primary N) is 1. The number of rotatable bonds is 4. The van der Waals surface area contributed by atoms with Crippen LogP contribution >= 0.6 is 0 Å². The van der Waals surface area contributed by atoms with E-state index >= 15 is 0 Å². The Bertz CT molecular complexity index is 562. The van der Waals surface area contributed by atoms with E-state index in [0.717, 1.165) is 18.5 Å². The van der Waals surface area contributed by atoms with Crippen LogP contribution in [0.2, 0.25) is 0 Å². The Kier molecular flexibility index (Phi) is 4.22. The third-order valence-corrected chi connectivity index (χ3v) is 3.46. The Morgan fingerprint density at radius 3 is 2.55 bits per heavy atom. The van der Waals surface area contributed by atoms with E-state index in [9.17, 15) is 4.79 Å². The number of hydrogen-bond acceptors (Lipinski definition) is 5. The van der Waals surface area contributed by atoms with Gasteiger partial charge in [-0.2, -0.15) is 0 Å². The van der Waals surface area contributed by atoms with Gasteiger partial charge in [0.2, 0.25) is 5.88 Å². The molecule has 122 valence electrons. The predicted octanol–water partition coefficient (Wildman–Crippen LogP) is 2.75. The van der Waals surface area contributed by atoms with Crippen molar-refractivity contribution in [3.05, 3.63) is 17.8 Å². The number of ether oxygens (including phenoxy) is 2. The van der Waals surface area contributed by atoms with Gasteiger partial charge in [-0.3, -0.25) is 0 Å². The van der Waals surface area contributed by atoms with Gasteiger partial charge in [0.1, 0.15) is 11.2 Å². The number of amides is 1. The fraction of sp³-hybridized carbons (Fsp3) is 0.625. The zero-order valence-corrected chi connectivity index (χ0v) is 14.0. The summed E-state index contributed by atoms with van der Waals surface area (Å²) in [5, 5.41) is 0. The summed E-state index contributed by atoms with van der Waals surface area (Å²) < 4.78 is 11.3. The van der Waals surface area contributed by atoms with E-state index in [1.807, 2.05) is 27.7 Å². The molecule has 1 aromatic heterocycles. The van der Waals surface area contributed by atoms with E-state index in [4.69, 9.17) is 15.2 Å². The lowest BCUT2D eigenvalue weighted by atomic mass is 10.2.